The molecule has 0 amide bonds. The molecule has 11 heteroatoms. The average Bonchev–Trinajstić information content (AvgIpc) is 3.12. The second-order valence-corrected chi connectivity index (χ2v) is 9.30. The Hall–Kier alpha value is -2.98. The number of hydrogen-bond donors (Lipinski definition) is 0. The summed E-state index contributed by atoms with van der Waals surface area (Å²) in [5, 5.41) is 20.4. The Morgan fingerprint density at radius 1 is 1.12 bits per heavy atom. The van der Waals surface area contributed by atoms with E-state index in [-0.39, 0.29) is 0 Å². The molecule has 0 aliphatic heterocycles. The van der Waals surface area contributed by atoms with Crippen LogP contribution in [0, 0.1) is 0 Å². The first-order valence-electron chi connectivity index (χ1n) is 10.5. The van der Waals surface area contributed by atoms with Gasteiger partial charge in [-0.3, -0.25) is 4.68 Å². The quantitative estimate of drug-likeness (QED) is 0.352. The summed E-state index contributed by atoms with van der Waals surface area (Å²) in [6, 6.07) is 8.13. The van der Waals surface area contributed by atoms with Gasteiger partial charge < -0.3 is 4.57 Å². The standard InChI is InChI=1S/C21H20ClN9S/c1-3-30-20(15-8-14(15)12-4-6-13(22)7-5-12)26-27-21(30)32-10-17-25-19-16-9-24-29(2)18(16)23-11-31(19)28-17/h4-7,9,11,14-15H,3,8,10H2,1-2H3/t14-,15+/m1/s1. The van der Waals surface area contributed by atoms with E-state index in [2.05, 4.69) is 49.0 Å². The summed E-state index contributed by atoms with van der Waals surface area (Å²) in [5.41, 5.74) is 2.86. The molecule has 9 nitrogen and oxygen atoms in total. The van der Waals surface area contributed by atoms with E-state index in [1.54, 1.807) is 33.5 Å². The third-order valence-electron chi connectivity index (χ3n) is 5.93. The fraction of sp³-hybridized carbons (Fsp3) is 0.333. The van der Waals surface area contributed by atoms with Crippen LogP contribution in [-0.4, -0.2) is 44.1 Å². The summed E-state index contributed by atoms with van der Waals surface area (Å²) in [4.78, 5) is 9.12. The topological polar surface area (TPSA) is 91.6 Å². The first kappa shape index (κ1) is 19.7. The lowest BCUT2D eigenvalue weighted by molar-refractivity contribution is 0.640. The van der Waals surface area contributed by atoms with Gasteiger partial charge in [-0.1, -0.05) is 35.5 Å². The number of aromatic nitrogens is 9. The molecule has 1 saturated carbocycles. The van der Waals surface area contributed by atoms with Crippen LogP contribution >= 0.6 is 23.4 Å². The number of hydrogen-bond acceptors (Lipinski definition) is 7. The van der Waals surface area contributed by atoms with E-state index in [1.807, 2.05) is 19.2 Å². The van der Waals surface area contributed by atoms with Crippen LogP contribution < -0.4 is 0 Å². The van der Waals surface area contributed by atoms with Crippen LogP contribution in [0.1, 0.15) is 42.4 Å². The molecule has 0 unspecified atom stereocenters. The summed E-state index contributed by atoms with van der Waals surface area (Å²) < 4.78 is 5.65. The van der Waals surface area contributed by atoms with Crippen LogP contribution in [0.3, 0.4) is 0 Å². The van der Waals surface area contributed by atoms with Crippen molar-refractivity contribution in [3.8, 4) is 0 Å². The zero-order chi connectivity index (χ0) is 21.8. The Kier molecular flexibility index (Phi) is 4.65. The van der Waals surface area contributed by atoms with E-state index in [9.17, 15) is 0 Å². The molecule has 0 spiro atoms. The smallest absolute Gasteiger partial charge is 0.191 e. The van der Waals surface area contributed by atoms with Gasteiger partial charge in [0.05, 0.1) is 17.3 Å². The van der Waals surface area contributed by atoms with Crippen molar-refractivity contribution in [1.82, 2.24) is 44.1 Å². The second kappa shape index (κ2) is 7.56. The molecule has 162 valence electrons. The van der Waals surface area contributed by atoms with Crippen LogP contribution in [0.4, 0.5) is 0 Å². The molecule has 4 heterocycles. The Morgan fingerprint density at radius 2 is 1.97 bits per heavy atom. The number of nitrogens with zero attached hydrogens (tertiary/aromatic N) is 9. The largest absolute Gasteiger partial charge is 0.306 e. The minimum absolute atomic E-state index is 0.399. The van der Waals surface area contributed by atoms with Gasteiger partial charge in [-0.2, -0.15) is 5.10 Å². The van der Waals surface area contributed by atoms with Crippen molar-refractivity contribution in [3.05, 3.63) is 59.0 Å². The minimum atomic E-state index is 0.399. The van der Waals surface area contributed by atoms with Crippen molar-refractivity contribution >= 4 is 40.0 Å². The predicted molar refractivity (Wildman–Crippen MR) is 122 cm³/mol. The Labute approximate surface area is 192 Å². The SMILES string of the molecule is CCn1c(SCc2nc3c4cnn(C)c4ncn3n2)nnc1[C@H]1C[C@@H]1c1ccc(Cl)cc1. The highest BCUT2D eigenvalue weighted by Gasteiger charge is 2.43. The van der Waals surface area contributed by atoms with Gasteiger partial charge in [0.2, 0.25) is 0 Å². The summed E-state index contributed by atoms with van der Waals surface area (Å²) in [6.07, 6.45) is 4.54. The molecule has 32 heavy (non-hydrogen) atoms. The van der Waals surface area contributed by atoms with Crippen molar-refractivity contribution in [1.29, 1.82) is 0 Å². The van der Waals surface area contributed by atoms with Gasteiger partial charge in [-0.15, -0.1) is 15.3 Å². The van der Waals surface area contributed by atoms with E-state index in [0.717, 1.165) is 51.5 Å². The predicted octanol–water partition coefficient (Wildman–Crippen LogP) is 3.84. The number of rotatable bonds is 6. The van der Waals surface area contributed by atoms with Gasteiger partial charge in [0.15, 0.2) is 22.3 Å². The van der Waals surface area contributed by atoms with Crippen LogP contribution in [0.15, 0.2) is 41.9 Å². The molecule has 0 saturated heterocycles. The molecular weight excluding hydrogens is 446 g/mol. The van der Waals surface area contributed by atoms with Crippen molar-refractivity contribution < 1.29 is 0 Å². The molecule has 0 radical (unpaired) electrons. The zero-order valence-corrected chi connectivity index (χ0v) is 19.1. The monoisotopic (exact) mass is 465 g/mol. The van der Waals surface area contributed by atoms with Gasteiger partial charge in [-0.25, -0.2) is 14.5 Å². The normalized spacial score (nSPS) is 18.1. The molecule has 1 fully saturated rings. The van der Waals surface area contributed by atoms with E-state index < -0.39 is 0 Å². The average molecular weight is 466 g/mol. The second-order valence-electron chi connectivity index (χ2n) is 7.92. The summed E-state index contributed by atoms with van der Waals surface area (Å²) in [6.45, 7) is 2.96. The van der Waals surface area contributed by atoms with Crippen molar-refractivity contribution in [2.24, 2.45) is 7.05 Å². The number of fused-ring (bicyclic) bond motifs is 3. The molecule has 2 atom stereocenters. The molecule has 1 aliphatic rings. The van der Waals surface area contributed by atoms with E-state index in [0.29, 0.717) is 17.6 Å². The van der Waals surface area contributed by atoms with Gasteiger partial charge in [0.1, 0.15) is 12.2 Å². The summed E-state index contributed by atoms with van der Waals surface area (Å²) in [7, 11) is 1.87. The third-order valence-corrected chi connectivity index (χ3v) is 7.14. The fourth-order valence-electron chi connectivity index (χ4n) is 4.21. The van der Waals surface area contributed by atoms with Crippen molar-refractivity contribution in [3.63, 3.8) is 0 Å². The Bertz CT molecular complexity index is 1440. The van der Waals surface area contributed by atoms with Crippen molar-refractivity contribution in [2.45, 2.75) is 42.6 Å². The molecule has 0 bridgehead atoms. The lowest BCUT2D eigenvalue weighted by atomic mass is 10.1. The highest BCUT2D eigenvalue weighted by atomic mass is 35.5. The molecule has 1 aliphatic carbocycles. The van der Waals surface area contributed by atoms with Crippen LogP contribution in [0.25, 0.3) is 16.7 Å². The van der Waals surface area contributed by atoms with Gasteiger partial charge in [-0.05, 0) is 37.0 Å². The van der Waals surface area contributed by atoms with E-state index in [4.69, 9.17) is 16.6 Å². The maximum atomic E-state index is 6.03. The summed E-state index contributed by atoms with van der Waals surface area (Å²) in [5.74, 6) is 3.27. The highest BCUT2D eigenvalue weighted by Crippen LogP contribution is 2.54. The summed E-state index contributed by atoms with van der Waals surface area (Å²) >= 11 is 7.64. The fourth-order valence-corrected chi connectivity index (χ4v) is 5.19. The maximum Gasteiger partial charge on any atom is 0.191 e. The van der Waals surface area contributed by atoms with Crippen LogP contribution in [-0.2, 0) is 19.3 Å². The first-order valence-corrected chi connectivity index (χ1v) is 11.8. The van der Waals surface area contributed by atoms with Crippen LogP contribution in [0.5, 0.6) is 0 Å². The lowest BCUT2D eigenvalue weighted by Gasteiger charge is -2.06. The van der Waals surface area contributed by atoms with Crippen molar-refractivity contribution in [2.75, 3.05) is 0 Å². The van der Waals surface area contributed by atoms with Gasteiger partial charge >= 0.3 is 0 Å². The third kappa shape index (κ3) is 3.25. The molecular formula is C21H20ClN9S. The molecule has 5 aromatic rings. The highest BCUT2D eigenvalue weighted by molar-refractivity contribution is 7.98. The van der Waals surface area contributed by atoms with E-state index >= 15 is 0 Å². The van der Waals surface area contributed by atoms with Crippen LogP contribution in [0.2, 0.25) is 5.02 Å². The molecule has 1 aromatic carbocycles. The number of thioether (sulfide) groups is 1. The van der Waals surface area contributed by atoms with Gasteiger partial charge in [0.25, 0.3) is 0 Å². The number of aryl methyl sites for hydroxylation is 1. The van der Waals surface area contributed by atoms with Gasteiger partial charge in [0, 0.05) is 24.5 Å². The first-order chi connectivity index (χ1) is 15.6. The zero-order valence-electron chi connectivity index (χ0n) is 17.6. The van der Waals surface area contributed by atoms with E-state index in [1.165, 1.54) is 5.56 Å². The molecule has 4 aromatic heterocycles. The number of halogens is 1. The number of benzene rings is 1. The minimum Gasteiger partial charge on any atom is -0.306 e. The molecule has 6 rings (SSSR count). The molecule has 0 N–H and O–H groups in total. The lowest BCUT2D eigenvalue weighted by Crippen LogP contribution is -2.03. The Balaban J connectivity index is 1.21. The Morgan fingerprint density at radius 3 is 2.78 bits per heavy atom. The maximum absolute atomic E-state index is 6.03.